The van der Waals surface area contributed by atoms with Gasteiger partial charge in [-0.3, -0.25) is 14.9 Å². The highest BCUT2D eigenvalue weighted by Crippen LogP contribution is 2.17. The third kappa shape index (κ3) is 3.01. The maximum absolute atomic E-state index is 11.3. The molecule has 0 spiro atoms. The molecule has 0 aromatic carbocycles. The molecule has 0 radical (unpaired) electrons. The van der Waals surface area contributed by atoms with Gasteiger partial charge in [0.15, 0.2) is 0 Å². The van der Waals surface area contributed by atoms with Crippen molar-refractivity contribution in [3.63, 3.8) is 0 Å². The normalized spacial score (nSPS) is 9.88. The molecule has 1 rings (SSSR count). The maximum Gasteiger partial charge on any atom is 0.287 e. The van der Waals surface area contributed by atoms with Crippen molar-refractivity contribution in [1.29, 1.82) is 0 Å². The number of nitrogens with one attached hydrogen (secondary N) is 1. The molecule has 1 aromatic rings. The van der Waals surface area contributed by atoms with E-state index in [1.165, 1.54) is 6.07 Å². The van der Waals surface area contributed by atoms with Crippen LogP contribution in [0.2, 0.25) is 0 Å². The molecular weight excluding hydrogens is 210 g/mol. The van der Waals surface area contributed by atoms with E-state index < -0.39 is 4.92 Å². The van der Waals surface area contributed by atoms with Gasteiger partial charge in [0.25, 0.3) is 5.69 Å². The van der Waals surface area contributed by atoms with Gasteiger partial charge in [-0.1, -0.05) is 6.92 Å². The first-order valence-electron chi connectivity index (χ1n) is 4.95. The number of aromatic nitrogens is 1. The number of hydrogen-bond donors (Lipinski definition) is 1. The van der Waals surface area contributed by atoms with E-state index in [4.69, 9.17) is 0 Å². The quantitative estimate of drug-likeness (QED) is 0.625. The Morgan fingerprint density at radius 2 is 2.31 bits per heavy atom. The van der Waals surface area contributed by atoms with Gasteiger partial charge in [-0.25, -0.2) is 4.98 Å². The standard InChI is InChI=1S/C10H13N3O3/c1-3-4-9(14)12-10-7(2)5-8(6-11-10)13(15)16/h5-6H,3-4H2,1-2H3,(H,11,12,14). The van der Waals surface area contributed by atoms with E-state index in [2.05, 4.69) is 10.3 Å². The summed E-state index contributed by atoms with van der Waals surface area (Å²) in [7, 11) is 0. The first-order valence-corrected chi connectivity index (χ1v) is 4.95. The van der Waals surface area contributed by atoms with Crippen molar-refractivity contribution >= 4 is 17.4 Å². The zero-order chi connectivity index (χ0) is 12.1. The van der Waals surface area contributed by atoms with Gasteiger partial charge in [0.1, 0.15) is 12.0 Å². The van der Waals surface area contributed by atoms with Crippen LogP contribution in [0.3, 0.4) is 0 Å². The van der Waals surface area contributed by atoms with E-state index in [9.17, 15) is 14.9 Å². The second-order valence-electron chi connectivity index (χ2n) is 3.41. The van der Waals surface area contributed by atoms with Crippen LogP contribution >= 0.6 is 0 Å². The molecule has 16 heavy (non-hydrogen) atoms. The maximum atomic E-state index is 11.3. The first kappa shape index (κ1) is 12.1. The summed E-state index contributed by atoms with van der Waals surface area (Å²) in [6.07, 6.45) is 2.30. The van der Waals surface area contributed by atoms with Crippen LogP contribution in [0.25, 0.3) is 0 Å². The third-order valence-electron chi connectivity index (χ3n) is 2.01. The summed E-state index contributed by atoms with van der Waals surface area (Å²) in [5.74, 6) is 0.246. The molecule has 1 amide bonds. The summed E-state index contributed by atoms with van der Waals surface area (Å²) in [4.78, 5) is 25.1. The van der Waals surface area contributed by atoms with Gasteiger partial charge in [0.05, 0.1) is 4.92 Å². The highest BCUT2D eigenvalue weighted by Gasteiger charge is 2.10. The molecule has 6 heteroatoms. The van der Waals surface area contributed by atoms with Gasteiger partial charge in [0.2, 0.25) is 5.91 Å². The van der Waals surface area contributed by atoms with Crippen LogP contribution in [-0.4, -0.2) is 15.8 Å². The van der Waals surface area contributed by atoms with Gasteiger partial charge in [0, 0.05) is 12.5 Å². The minimum Gasteiger partial charge on any atom is -0.310 e. The van der Waals surface area contributed by atoms with Crippen molar-refractivity contribution in [3.8, 4) is 0 Å². The minimum absolute atomic E-state index is 0.0778. The van der Waals surface area contributed by atoms with Crippen LogP contribution < -0.4 is 5.32 Å². The average Bonchev–Trinajstić information content (AvgIpc) is 2.21. The number of carbonyl (C=O) groups is 1. The number of carbonyl (C=O) groups excluding carboxylic acids is 1. The lowest BCUT2D eigenvalue weighted by Crippen LogP contribution is -2.13. The average molecular weight is 223 g/mol. The fourth-order valence-electron chi connectivity index (χ4n) is 1.21. The second kappa shape index (κ2) is 5.20. The van der Waals surface area contributed by atoms with Crippen molar-refractivity contribution < 1.29 is 9.72 Å². The summed E-state index contributed by atoms with van der Waals surface area (Å²) in [5.41, 5.74) is 0.504. The molecule has 1 aromatic heterocycles. The molecular formula is C10H13N3O3. The highest BCUT2D eigenvalue weighted by atomic mass is 16.6. The molecule has 86 valence electrons. The highest BCUT2D eigenvalue weighted by molar-refractivity contribution is 5.90. The van der Waals surface area contributed by atoms with Crippen LogP contribution in [0, 0.1) is 17.0 Å². The molecule has 0 atom stereocenters. The lowest BCUT2D eigenvalue weighted by Gasteiger charge is -2.05. The Labute approximate surface area is 92.8 Å². The van der Waals surface area contributed by atoms with Crippen molar-refractivity contribution in [1.82, 2.24) is 4.98 Å². The van der Waals surface area contributed by atoms with E-state index in [0.717, 1.165) is 12.6 Å². The number of amides is 1. The molecule has 0 saturated heterocycles. The largest absolute Gasteiger partial charge is 0.310 e. The molecule has 0 aliphatic carbocycles. The second-order valence-corrected chi connectivity index (χ2v) is 3.41. The lowest BCUT2D eigenvalue weighted by molar-refractivity contribution is -0.385. The summed E-state index contributed by atoms with van der Waals surface area (Å²) in [6.45, 7) is 3.57. The van der Waals surface area contributed by atoms with Gasteiger partial charge in [-0.05, 0) is 18.9 Å². The number of rotatable bonds is 4. The molecule has 0 bridgehead atoms. The SMILES string of the molecule is CCCC(=O)Nc1ncc([N+](=O)[O-])cc1C. The van der Waals surface area contributed by atoms with Crippen LogP contribution in [-0.2, 0) is 4.79 Å². The fraction of sp³-hybridized carbons (Fsp3) is 0.400. The summed E-state index contributed by atoms with van der Waals surface area (Å²) < 4.78 is 0. The molecule has 0 aliphatic heterocycles. The Morgan fingerprint density at radius 3 is 2.81 bits per heavy atom. The Balaban J connectivity index is 2.83. The molecule has 1 heterocycles. The van der Waals surface area contributed by atoms with Crippen LogP contribution in [0.4, 0.5) is 11.5 Å². The van der Waals surface area contributed by atoms with E-state index in [1.54, 1.807) is 6.92 Å². The van der Waals surface area contributed by atoms with Crippen molar-refractivity contribution in [2.75, 3.05) is 5.32 Å². The predicted molar refractivity (Wildman–Crippen MR) is 59.2 cm³/mol. The number of nitro groups is 1. The molecule has 6 nitrogen and oxygen atoms in total. The lowest BCUT2D eigenvalue weighted by atomic mass is 10.2. The van der Waals surface area contributed by atoms with Crippen molar-refractivity contribution in [3.05, 3.63) is 27.9 Å². The summed E-state index contributed by atoms with van der Waals surface area (Å²) in [6, 6.07) is 1.38. The van der Waals surface area contributed by atoms with E-state index >= 15 is 0 Å². The molecule has 0 aliphatic rings. The predicted octanol–water partition coefficient (Wildman–Crippen LogP) is 2.04. The fourth-order valence-corrected chi connectivity index (χ4v) is 1.21. The van der Waals surface area contributed by atoms with E-state index in [0.29, 0.717) is 17.8 Å². The minimum atomic E-state index is -0.516. The topological polar surface area (TPSA) is 85.1 Å². The van der Waals surface area contributed by atoms with Gasteiger partial charge < -0.3 is 5.32 Å². The van der Waals surface area contributed by atoms with Crippen LogP contribution in [0.15, 0.2) is 12.3 Å². The van der Waals surface area contributed by atoms with Crippen molar-refractivity contribution in [2.45, 2.75) is 26.7 Å². The van der Waals surface area contributed by atoms with E-state index in [1.807, 2.05) is 6.92 Å². The van der Waals surface area contributed by atoms with Crippen LogP contribution in [0.1, 0.15) is 25.3 Å². The van der Waals surface area contributed by atoms with Gasteiger partial charge in [-0.15, -0.1) is 0 Å². The Morgan fingerprint density at radius 1 is 1.62 bits per heavy atom. The zero-order valence-corrected chi connectivity index (χ0v) is 9.19. The monoisotopic (exact) mass is 223 g/mol. The van der Waals surface area contributed by atoms with Crippen LogP contribution in [0.5, 0.6) is 0 Å². The van der Waals surface area contributed by atoms with Crippen molar-refractivity contribution in [2.24, 2.45) is 0 Å². The Bertz CT molecular complexity index is 418. The smallest absolute Gasteiger partial charge is 0.287 e. The summed E-state index contributed by atoms with van der Waals surface area (Å²) >= 11 is 0. The number of hydrogen-bond acceptors (Lipinski definition) is 4. The summed E-state index contributed by atoms with van der Waals surface area (Å²) in [5, 5.41) is 13.1. The first-order chi connectivity index (χ1) is 7.54. The number of nitrogens with zero attached hydrogens (tertiary/aromatic N) is 2. The number of anilines is 1. The van der Waals surface area contributed by atoms with Gasteiger partial charge >= 0.3 is 0 Å². The third-order valence-corrected chi connectivity index (χ3v) is 2.01. The Hall–Kier alpha value is -1.98. The molecule has 0 saturated carbocycles. The molecule has 0 unspecified atom stereocenters. The number of aryl methyl sites for hydroxylation is 1. The Kier molecular flexibility index (Phi) is 3.93. The zero-order valence-electron chi connectivity index (χ0n) is 9.19. The number of pyridine rings is 1. The molecule has 0 fully saturated rings. The molecule has 1 N–H and O–H groups in total. The van der Waals surface area contributed by atoms with Gasteiger partial charge in [-0.2, -0.15) is 0 Å². The van der Waals surface area contributed by atoms with E-state index in [-0.39, 0.29) is 11.6 Å².